The van der Waals surface area contributed by atoms with Gasteiger partial charge in [-0.25, -0.2) is 9.18 Å². The van der Waals surface area contributed by atoms with Crippen LogP contribution in [0.15, 0.2) is 0 Å². The Labute approximate surface area is 109 Å². The normalized spacial score (nSPS) is 36.4. The number of amides is 1. The Kier molecular flexibility index (Phi) is 3.56. The number of carbonyl (C=O) groups is 1. The molecule has 2 fully saturated rings. The Bertz CT molecular complexity index is 326. The molecule has 104 valence electrons. The maximum atomic E-state index is 14.2. The molecule has 0 aromatic heterocycles. The lowest BCUT2D eigenvalue weighted by Crippen LogP contribution is -2.60. The van der Waals surface area contributed by atoms with Gasteiger partial charge in [-0.3, -0.25) is 4.90 Å². The summed E-state index contributed by atoms with van der Waals surface area (Å²) < 4.78 is 19.7. The van der Waals surface area contributed by atoms with Crippen molar-refractivity contribution in [1.82, 2.24) is 4.90 Å². The summed E-state index contributed by atoms with van der Waals surface area (Å²) in [4.78, 5) is 13.9. The van der Waals surface area contributed by atoms with E-state index < -0.39 is 11.8 Å². The van der Waals surface area contributed by atoms with Crippen molar-refractivity contribution in [2.45, 2.75) is 77.2 Å². The first kappa shape index (κ1) is 13.6. The molecule has 0 aromatic rings. The Hall–Kier alpha value is -0.800. The maximum absolute atomic E-state index is 14.2. The summed E-state index contributed by atoms with van der Waals surface area (Å²) in [7, 11) is 0. The van der Waals surface area contributed by atoms with Gasteiger partial charge < -0.3 is 4.74 Å². The van der Waals surface area contributed by atoms with Gasteiger partial charge in [0.05, 0.1) is 6.04 Å². The smallest absolute Gasteiger partial charge is 0.410 e. The predicted molar refractivity (Wildman–Crippen MR) is 68.2 cm³/mol. The molecule has 2 heterocycles. The first-order valence-corrected chi connectivity index (χ1v) is 6.95. The average Bonchev–Trinajstić information content (AvgIpc) is 2.23. The third-order valence-corrected chi connectivity index (χ3v) is 3.95. The summed E-state index contributed by atoms with van der Waals surface area (Å²) in [5, 5.41) is 0. The Morgan fingerprint density at radius 1 is 1.33 bits per heavy atom. The van der Waals surface area contributed by atoms with Crippen LogP contribution in [-0.2, 0) is 4.74 Å². The fourth-order valence-electron chi connectivity index (χ4n) is 3.19. The van der Waals surface area contributed by atoms with Crippen LogP contribution in [0.2, 0.25) is 0 Å². The summed E-state index contributed by atoms with van der Waals surface area (Å²) >= 11 is 0. The molecule has 2 aliphatic heterocycles. The van der Waals surface area contributed by atoms with Crippen molar-refractivity contribution in [3.63, 3.8) is 0 Å². The monoisotopic (exact) mass is 257 g/mol. The van der Waals surface area contributed by atoms with E-state index >= 15 is 0 Å². The minimum absolute atomic E-state index is 0.0546. The van der Waals surface area contributed by atoms with Gasteiger partial charge in [0, 0.05) is 6.04 Å². The molecule has 1 unspecified atom stereocenters. The highest BCUT2D eigenvalue weighted by Crippen LogP contribution is 2.39. The second-order valence-corrected chi connectivity index (χ2v) is 6.70. The first-order chi connectivity index (χ1) is 8.29. The minimum Gasteiger partial charge on any atom is -0.444 e. The lowest BCUT2D eigenvalue weighted by molar-refractivity contribution is -0.0565. The zero-order chi connectivity index (χ0) is 13.5. The number of nitrogens with zero attached hydrogens (tertiary/aromatic N) is 1. The molecule has 0 spiro atoms. The topological polar surface area (TPSA) is 29.5 Å². The van der Waals surface area contributed by atoms with Crippen LogP contribution in [0, 0.1) is 5.92 Å². The molecule has 3 nitrogen and oxygen atoms in total. The van der Waals surface area contributed by atoms with E-state index in [0.717, 1.165) is 25.7 Å². The van der Waals surface area contributed by atoms with Crippen LogP contribution in [0.4, 0.5) is 9.18 Å². The Morgan fingerprint density at radius 3 is 2.61 bits per heavy atom. The minimum atomic E-state index is -0.908. The summed E-state index contributed by atoms with van der Waals surface area (Å²) in [5.74, 6) is 0.0546. The highest BCUT2D eigenvalue weighted by atomic mass is 19.1. The SMILES string of the molecule is C[C@@H]1CC2CCC[C@@H]([C@@H]1F)N2C(=O)OC(C)(C)C. The molecule has 2 bridgehead atoms. The van der Waals surface area contributed by atoms with E-state index in [9.17, 15) is 9.18 Å². The van der Waals surface area contributed by atoms with E-state index in [1.54, 1.807) is 4.90 Å². The number of alkyl halides is 1. The zero-order valence-electron chi connectivity index (χ0n) is 11.8. The van der Waals surface area contributed by atoms with E-state index in [-0.39, 0.29) is 24.1 Å². The van der Waals surface area contributed by atoms with Gasteiger partial charge >= 0.3 is 6.09 Å². The van der Waals surface area contributed by atoms with Crippen LogP contribution in [0.25, 0.3) is 0 Å². The number of rotatable bonds is 0. The lowest BCUT2D eigenvalue weighted by atomic mass is 9.78. The molecule has 1 amide bonds. The molecule has 4 atom stereocenters. The van der Waals surface area contributed by atoms with E-state index in [4.69, 9.17) is 4.74 Å². The van der Waals surface area contributed by atoms with Crippen LogP contribution in [-0.4, -0.2) is 34.8 Å². The third-order valence-electron chi connectivity index (χ3n) is 3.95. The summed E-state index contributed by atoms with van der Waals surface area (Å²) in [6.45, 7) is 7.49. The van der Waals surface area contributed by atoms with Crippen molar-refractivity contribution in [3.8, 4) is 0 Å². The Morgan fingerprint density at radius 2 is 2.00 bits per heavy atom. The molecule has 2 rings (SSSR count). The number of hydrogen-bond donors (Lipinski definition) is 0. The van der Waals surface area contributed by atoms with Crippen LogP contribution < -0.4 is 0 Å². The fourth-order valence-corrected chi connectivity index (χ4v) is 3.19. The molecular weight excluding hydrogens is 233 g/mol. The van der Waals surface area contributed by atoms with Crippen LogP contribution in [0.1, 0.15) is 53.4 Å². The van der Waals surface area contributed by atoms with Crippen LogP contribution in [0.5, 0.6) is 0 Å². The Balaban J connectivity index is 2.14. The molecular formula is C14H24FNO2. The third kappa shape index (κ3) is 2.62. The van der Waals surface area contributed by atoms with Gasteiger partial charge in [-0.1, -0.05) is 6.92 Å². The van der Waals surface area contributed by atoms with Crippen molar-refractivity contribution in [1.29, 1.82) is 0 Å². The molecule has 4 heteroatoms. The second-order valence-electron chi connectivity index (χ2n) is 6.70. The molecule has 0 aliphatic carbocycles. The van der Waals surface area contributed by atoms with E-state index in [1.165, 1.54) is 0 Å². The van der Waals surface area contributed by atoms with Crippen molar-refractivity contribution >= 4 is 6.09 Å². The van der Waals surface area contributed by atoms with Gasteiger partial charge in [0.15, 0.2) is 0 Å². The number of halogens is 1. The highest BCUT2D eigenvalue weighted by Gasteiger charge is 2.47. The lowest BCUT2D eigenvalue weighted by Gasteiger charge is -2.49. The van der Waals surface area contributed by atoms with Gasteiger partial charge in [-0.05, 0) is 52.4 Å². The highest BCUT2D eigenvalue weighted by molar-refractivity contribution is 5.69. The van der Waals surface area contributed by atoms with Crippen LogP contribution >= 0.6 is 0 Å². The average molecular weight is 257 g/mol. The summed E-state index contributed by atoms with van der Waals surface area (Å²) in [6, 6.07) is -0.108. The van der Waals surface area contributed by atoms with Crippen molar-refractivity contribution < 1.29 is 13.9 Å². The van der Waals surface area contributed by atoms with Gasteiger partial charge in [0.25, 0.3) is 0 Å². The first-order valence-electron chi connectivity index (χ1n) is 6.95. The molecule has 0 saturated carbocycles. The molecule has 18 heavy (non-hydrogen) atoms. The number of piperidine rings is 2. The van der Waals surface area contributed by atoms with Gasteiger partial charge in [0.1, 0.15) is 11.8 Å². The zero-order valence-corrected chi connectivity index (χ0v) is 11.8. The van der Waals surface area contributed by atoms with Gasteiger partial charge in [0.2, 0.25) is 0 Å². The number of ether oxygens (including phenoxy) is 1. The molecule has 0 radical (unpaired) electrons. The quantitative estimate of drug-likeness (QED) is 0.664. The van der Waals surface area contributed by atoms with Gasteiger partial charge in [-0.15, -0.1) is 0 Å². The fraction of sp³-hybridized carbons (Fsp3) is 0.929. The van der Waals surface area contributed by atoms with E-state index in [2.05, 4.69) is 0 Å². The molecule has 2 aliphatic rings. The standard InChI is InChI=1S/C14H24FNO2/c1-9-8-10-6-5-7-11(12(9)15)16(10)13(17)18-14(2,3)4/h9-12H,5-8H2,1-4H3/t9-,10?,11+,12-/m1/s1. The molecule has 0 N–H and O–H groups in total. The second kappa shape index (κ2) is 4.71. The molecule has 2 saturated heterocycles. The number of hydrogen-bond acceptors (Lipinski definition) is 2. The number of carbonyl (C=O) groups excluding carboxylic acids is 1. The largest absolute Gasteiger partial charge is 0.444 e. The van der Waals surface area contributed by atoms with Crippen LogP contribution in [0.3, 0.4) is 0 Å². The van der Waals surface area contributed by atoms with Crippen molar-refractivity contribution in [2.24, 2.45) is 5.92 Å². The summed E-state index contributed by atoms with van der Waals surface area (Å²) in [5.41, 5.74) is -0.514. The maximum Gasteiger partial charge on any atom is 0.410 e. The molecule has 0 aromatic carbocycles. The van der Waals surface area contributed by atoms with Crippen molar-refractivity contribution in [2.75, 3.05) is 0 Å². The van der Waals surface area contributed by atoms with E-state index in [0.29, 0.717) is 0 Å². The number of fused-ring (bicyclic) bond motifs is 2. The summed E-state index contributed by atoms with van der Waals surface area (Å²) in [6.07, 6.45) is 2.27. The van der Waals surface area contributed by atoms with Crippen molar-refractivity contribution in [3.05, 3.63) is 0 Å². The van der Waals surface area contributed by atoms with E-state index in [1.807, 2.05) is 27.7 Å². The predicted octanol–water partition coefficient (Wildman–Crippen LogP) is 3.52. The van der Waals surface area contributed by atoms with Gasteiger partial charge in [-0.2, -0.15) is 0 Å².